The molecule has 0 unspecified atom stereocenters. The predicted molar refractivity (Wildman–Crippen MR) is 118 cm³/mol. The van der Waals surface area contributed by atoms with Crippen molar-refractivity contribution in [3.8, 4) is 11.4 Å². The topological polar surface area (TPSA) is 71.8 Å². The summed E-state index contributed by atoms with van der Waals surface area (Å²) < 4.78 is 15.6. The first-order valence-corrected chi connectivity index (χ1v) is 9.90. The standard InChI is InChI=1S/C22H12BrClFN3O/c23-10-4-6-12-15(8-10)16-9-11(24)5-7-13(16)20-19(12)27-22(28-20)18-14(21(26)29)2-1-3-17(18)25/h1-9H,(H2,26,29)(H,27,28). The average Bonchev–Trinajstić information content (AvgIpc) is 3.12. The molecule has 5 rings (SSSR count). The Morgan fingerprint density at radius 2 is 1.79 bits per heavy atom. The maximum absolute atomic E-state index is 14.7. The van der Waals surface area contributed by atoms with Gasteiger partial charge in [0.1, 0.15) is 11.6 Å². The van der Waals surface area contributed by atoms with Crippen LogP contribution in [0.15, 0.2) is 59.1 Å². The second kappa shape index (κ2) is 6.54. The van der Waals surface area contributed by atoms with Gasteiger partial charge in [-0.3, -0.25) is 4.79 Å². The fraction of sp³-hybridized carbons (Fsp3) is 0. The molecule has 1 heterocycles. The lowest BCUT2D eigenvalue weighted by Crippen LogP contribution is -2.13. The number of amides is 1. The first-order valence-electron chi connectivity index (χ1n) is 8.73. The van der Waals surface area contributed by atoms with Gasteiger partial charge in [0, 0.05) is 20.3 Å². The van der Waals surface area contributed by atoms with Crippen molar-refractivity contribution >= 4 is 66.0 Å². The van der Waals surface area contributed by atoms with Crippen LogP contribution >= 0.6 is 27.5 Å². The third-order valence-corrected chi connectivity index (χ3v) is 5.73. The number of aromatic nitrogens is 2. The molecule has 0 aliphatic heterocycles. The number of hydrogen-bond donors (Lipinski definition) is 2. The van der Waals surface area contributed by atoms with E-state index in [9.17, 15) is 9.18 Å². The summed E-state index contributed by atoms with van der Waals surface area (Å²) in [6.45, 7) is 0. The van der Waals surface area contributed by atoms with Gasteiger partial charge in [-0.2, -0.15) is 0 Å². The first-order chi connectivity index (χ1) is 13.9. The van der Waals surface area contributed by atoms with Gasteiger partial charge in [0.15, 0.2) is 0 Å². The van der Waals surface area contributed by atoms with Gasteiger partial charge in [-0.25, -0.2) is 9.37 Å². The number of nitrogens with one attached hydrogen (secondary N) is 1. The Morgan fingerprint density at radius 3 is 2.59 bits per heavy atom. The molecule has 7 heteroatoms. The number of carbonyl (C=O) groups excluding carboxylic acids is 1. The van der Waals surface area contributed by atoms with E-state index in [4.69, 9.17) is 17.3 Å². The number of nitrogens with zero attached hydrogens (tertiary/aromatic N) is 1. The van der Waals surface area contributed by atoms with Crippen LogP contribution in [0, 0.1) is 5.82 Å². The lowest BCUT2D eigenvalue weighted by molar-refractivity contribution is 0.100. The highest BCUT2D eigenvalue weighted by atomic mass is 79.9. The van der Waals surface area contributed by atoms with Crippen molar-refractivity contribution in [2.24, 2.45) is 5.73 Å². The highest BCUT2D eigenvalue weighted by molar-refractivity contribution is 9.10. The molecule has 1 amide bonds. The SMILES string of the molecule is NC(=O)c1cccc(F)c1-c1nc2c3ccc(Br)cc3c3cc(Cl)ccc3c2[nH]1. The number of imidazole rings is 1. The Labute approximate surface area is 177 Å². The molecule has 3 N–H and O–H groups in total. The van der Waals surface area contributed by atoms with Gasteiger partial charge in [0.25, 0.3) is 0 Å². The van der Waals surface area contributed by atoms with E-state index < -0.39 is 11.7 Å². The zero-order valence-electron chi connectivity index (χ0n) is 14.8. The summed E-state index contributed by atoms with van der Waals surface area (Å²) in [5.74, 6) is -1.04. The van der Waals surface area contributed by atoms with Gasteiger partial charge in [-0.05, 0) is 47.2 Å². The van der Waals surface area contributed by atoms with Crippen molar-refractivity contribution in [3.63, 3.8) is 0 Å². The third kappa shape index (κ3) is 2.79. The largest absolute Gasteiger partial charge is 0.366 e. The summed E-state index contributed by atoms with van der Waals surface area (Å²) in [6, 6.07) is 15.7. The third-order valence-electron chi connectivity index (χ3n) is 5.00. The smallest absolute Gasteiger partial charge is 0.249 e. The van der Waals surface area contributed by atoms with Crippen LogP contribution in [0.2, 0.25) is 5.02 Å². The van der Waals surface area contributed by atoms with Crippen molar-refractivity contribution in [1.29, 1.82) is 0 Å². The summed E-state index contributed by atoms with van der Waals surface area (Å²) in [4.78, 5) is 19.7. The fourth-order valence-corrected chi connectivity index (χ4v) is 4.29. The van der Waals surface area contributed by atoms with E-state index >= 15 is 0 Å². The number of H-pyrrole nitrogens is 1. The van der Waals surface area contributed by atoms with Crippen LogP contribution in [0.5, 0.6) is 0 Å². The number of carbonyl (C=O) groups is 1. The van der Waals surface area contributed by atoms with Crippen molar-refractivity contribution in [2.75, 3.05) is 0 Å². The maximum Gasteiger partial charge on any atom is 0.249 e. The average molecular weight is 469 g/mol. The lowest BCUT2D eigenvalue weighted by atomic mass is 10.00. The number of hydrogen-bond acceptors (Lipinski definition) is 2. The van der Waals surface area contributed by atoms with Crippen LogP contribution in [0.1, 0.15) is 10.4 Å². The van der Waals surface area contributed by atoms with Gasteiger partial charge in [0.05, 0.1) is 22.2 Å². The highest BCUT2D eigenvalue weighted by Crippen LogP contribution is 2.38. The second-order valence-corrected chi connectivity index (χ2v) is 8.07. The molecule has 0 aliphatic rings. The molecule has 29 heavy (non-hydrogen) atoms. The summed E-state index contributed by atoms with van der Waals surface area (Å²) in [5.41, 5.74) is 7.01. The number of aromatic amines is 1. The van der Waals surface area contributed by atoms with E-state index in [1.165, 1.54) is 18.2 Å². The molecule has 0 radical (unpaired) electrons. The van der Waals surface area contributed by atoms with Crippen LogP contribution < -0.4 is 5.73 Å². The van der Waals surface area contributed by atoms with E-state index in [1.54, 1.807) is 6.07 Å². The van der Waals surface area contributed by atoms with E-state index in [-0.39, 0.29) is 17.0 Å². The predicted octanol–water partition coefficient (Wildman–Crippen LogP) is 6.19. The van der Waals surface area contributed by atoms with Crippen LogP contribution in [0.4, 0.5) is 4.39 Å². The van der Waals surface area contributed by atoms with Gasteiger partial charge in [0.2, 0.25) is 5.91 Å². The monoisotopic (exact) mass is 467 g/mol. The molecule has 1 aromatic heterocycles. The summed E-state index contributed by atoms with van der Waals surface area (Å²) >= 11 is 9.76. The molecule has 0 atom stereocenters. The Bertz CT molecular complexity index is 1400. The molecular weight excluding hydrogens is 457 g/mol. The van der Waals surface area contributed by atoms with Crippen LogP contribution in [0.25, 0.3) is 44.0 Å². The number of rotatable bonds is 2. The van der Waals surface area contributed by atoms with Gasteiger partial charge >= 0.3 is 0 Å². The number of benzene rings is 4. The second-order valence-electron chi connectivity index (χ2n) is 6.72. The molecule has 0 spiro atoms. The van der Waals surface area contributed by atoms with Crippen LogP contribution in [0.3, 0.4) is 0 Å². The minimum Gasteiger partial charge on any atom is -0.366 e. The lowest BCUT2D eigenvalue weighted by Gasteiger charge is -2.07. The minimum absolute atomic E-state index is 0.0589. The zero-order valence-corrected chi connectivity index (χ0v) is 17.1. The zero-order chi connectivity index (χ0) is 20.3. The first kappa shape index (κ1) is 18.1. The Morgan fingerprint density at radius 1 is 1.03 bits per heavy atom. The molecule has 0 aliphatic carbocycles. The molecule has 4 aromatic carbocycles. The summed E-state index contributed by atoms with van der Waals surface area (Å²) in [6.07, 6.45) is 0. The Balaban J connectivity index is 1.96. The number of halogens is 3. The molecular formula is C22H12BrClFN3O. The van der Waals surface area contributed by atoms with Crippen LogP contribution in [-0.2, 0) is 0 Å². The molecule has 0 saturated heterocycles. The van der Waals surface area contributed by atoms with Gasteiger partial charge in [-0.1, -0.05) is 45.7 Å². The maximum atomic E-state index is 14.7. The number of fused-ring (bicyclic) bond motifs is 6. The summed E-state index contributed by atoms with van der Waals surface area (Å²) in [5, 5.41) is 4.30. The van der Waals surface area contributed by atoms with Crippen molar-refractivity contribution < 1.29 is 9.18 Å². The number of primary amides is 1. The summed E-state index contributed by atoms with van der Waals surface area (Å²) in [7, 11) is 0. The van der Waals surface area contributed by atoms with Crippen molar-refractivity contribution in [1.82, 2.24) is 9.97 Å². The van der Waals surface area contributed by atoms with Crippen molar-refractivity contribution in [2.45, 2.75) is 0 Å². The normalized spacial score (nSPS) is 11.6. The van der Waals surface area contributed by atoms with Gasteiger partial charge < -0.3 is 10.7 Å². The van der Waals surface area contributed by atoms with Gasteiger partial charge in [-0.15, -0.1) is 0 Å². The highest BCUT2D eigenvalue weighted by Gasteiger charge is 2.20. The molecule has 142 valence electrons. The molecule has 5 aromatic rings. The molecule has 0 saturated carbocycles. The number of nitrogens with two attached hydrogens (primary N) is 1. The molecule has 4 nitrogen and oxygen atoms in total. The van der Waals surface area contributed by atoms with E-state index in [1.807, 2.05) is 30.3 Å². The van der Waals surface area contributed by atoms with E-state index in [0.717, 1.165) is 31.5 Å². The Hall–Kier alpha value is -2.96. The van der Waals surface area contributed by atoms with Crippen molar-refractivity contribution in [3.05, 3.63) is 75.5 Å². The molecule has 0 fully saturated rings. The minimum atomic E-state index is -0.717. The van der Waals surface area contributed by atoms with E-state index in [2.05, 4.69) is 25.9 Å². The fourth-order valence-electron chi connectivity index (χ4n) is 3.75. The Kier molecular flexibility index (Phi) is 4.08. The quantitative estimate of drug-likeness (QED) is 0.303. The van der Waals surface area contributed by atoms with Crippen LogP contribution in [-0.4, -0.2) is 15.9 Å². The van der Waals surface area contributed by atoms with E-state index in [0.29, 0.717) is 10.5 Å². The molecule has 0 bridgehead atoms.